The number of nitriles is 2. The fourth-order valence-corrected chi connectivity index (χ4v) is 0.800. The fraction of sp³-hybridized carbons (Fsp3) is 0.143. The summed E-state index contributed by atoms with van der Waals surface area (Å²) in [6.45, 7) is 0.0531. The molecule has 0 bridgehead atoms. The van der Waals surface area contributed by atoms with Crippen LogP contribution in [0, 0.1) is 22.7 Å². The van der Waals surface area contributed by atoms with Gasteiger partial charge in [-0.3, -0.25) is 0 Å². The highest BCUT2D eigenvalue weighted by Crippen LogP contribution is 2.03. The zero-order chi connectivity index (χ0) is 8.97. The van der Waals surface area contributed by atoms with E-state index in [1.165, 1.54) is 10.9 Å². The van der Waals surface area contributed by atoms with Gasteiger partial charge in [-0.15, -0.1) is 0 Å². The van der Waals surface area contributed by atoms with Gasteiger partial charge >= 0.3 is 0 Å². The smallest absolute Gasteiger partial charge is 0.176 e. The van der Waals surface area contributed by atoms with E-state index < -0.39 is 0 Å². The molecule has 0 atom stereocenters. The van der Waals surface area contributed by atoms with Crippen LogP contribution in [0.2, 0.25) is 0 Å². The van der Waals surface area contributed by atoms with Gasteiger partial charge in [-0.25, -0.2) is 4.98 Å². The van der Waals surface area contributed by atoms with Crippen LogP contribution >= 0.6 is 0 Å². The molecule has 5 heteroatoms. The molecule has 0 N–H and O–H groups in total. The molecule has 0 aromatic carbocycles. The average molecular weight is 160 g/mol. The maximum absolute atomic E-state index is 10.1. The Kier molecular flexibility index (Phi) is 2.20. The third-order valence-electron chi connectivity index (χ3n) is 1.32. The van der Waals surface area contributed by atoms with Crippen LogP contribution in [0.5, 0.6) is 0 Å². The lowest BCUT2D eigenvalue weighted by molar-refractivity contribution is -0.108. The van der Waals surface area contributed by atoms with Gasteiger partial charge in [-0.1, -0.05) is 0 Å². The second kappa shape index (κ2) is 3.31. The van der Waals surface area contributed by atoms with Crippen molar-refractivity contribution in [2.45, 2.75) is 6.54 Å². The standard InChI is InChI=1S/C7H4N4O/c8-3-6-7(4-9)11(1-2-12)5-10-6/h2,5H,1H2. The Morgan fingerprint density at radius 2 is 2.33 bits per heavy atom. The SMILES string of the molecule is N#Cc1ncn(CC=O)c1C#N. The number of hydrogen-bond acceptors (Lipinski definition) is 4. The number of carbonyl (C=O) groups is 1. The average Bonchev–Trinajstić information content (AvgIpc) is 2.47. The van der Waals surface area contributed by atoms with Crippen molar-refractivity contribution in [3.8, 4) is 12.1 Å². The maximum atomic E-state index is 10.1. The summed E-state index contributed by atoms with van der Waals surface area (Å²) in [5.74, 6) is 0. The molecule has 0 unspecified atom stereocenters. The van der Waals surface area contributed by atoms with Crippen LogP contribution in [0.15, 0.2) is 6.33 Å². The molecule has 0 aliphatic heterocycles. The third-order valence-corrected chi connectivity index (χ3v) is 1.32. The van der Waals surface area contributed by atoms with E-state index >= 15 is 0 Å². The van der Waals surface area contributed by atoms with Gasteiger partial charge in [-0.2, -0.15) is 10.5 Å². The van der Waals surface area contributed by atoms with E-state index in [1.807, 2.05) is 0 Å². The quantitative estimate of drug-likeness (QED) is 0.562. The first kappa shape index (κ1) is 7.96. The van der Waals surface area contributed by atoms with Crippen LogP contribution in [-0.2, 0) is 11.3 Å². The van der Waals surface area contributed by atoms with Gasteiger partial charge in [0.2, 0.25) is 0 Å². The number of aldehydes is 1. The van der Waals surface area contributed by atoms with E-state index in [2.05, 4.69) is 4.98 Å². The Morgan fingerprint density at radius 3 is 2.83 bits per heavy atom. The molecule has 1 heterocycles. The molecule has 0 saturated heterocycles. The fourth-order valence-electron chi connectivity index (χ4n) is 0.800. The van der Waals surface area contributed by atoms with E-state index in [-0.39, 0.29) is 17.9 Å². The van der Waals surface area contributed by atoms with Crippen molar-refractivity contribution in [2.24, 2.45) is 0 Å². The van der Waals surface area contributed by atoms with Crippen molar-refractivity contribution in [3.63, 3.8) is 0 Å². The molecule has 5 nitrogen and oxygen atoms in total. The van der Waals surface area contributed by atoms with Crippen molar-refractivity contribution >= 4 is 6.29 Å². The number of nitrogens with zero attached hydrogens (tertiary/aromatic N) is 4. The summed E-state index contributed by atoms with van der Waals surface area (Å²) in [7, 11) is 0. The van der Waals surface area contributed by atoms with Gasteiger partial charge in [0, 0.05) is 0 Å². The summed E-state index contributed by atoms with van der Waals surface area (Å²) in [5.41, 5.74) is 0.184. The Bertz CT molecular complexity index is 379. The monoisotopic (exact) mass is 160 g/mol. The second-order valence-corrected chi connectivity index (χ2v) is 1.98. The Morgan fingerprint density at radius 1 is 1.58 bits per heavy atom. The van der Waals surface area contributed by atoms with Gasteiger partial charge in [0.05, 0.1) is 12.9 Å². The molecule has 0 radical (unpaired) electrons. The number of imidazole rings is 1. The summed E-state index contributed by atoms with van der Waals surface area (Å²) in [6.07, 6.45) is 1.94. The first-order valence-corrected chi connectivity index (χ1v) is 3.12. The van der Waals surface area contributed by atoms with Crippen molar-refractivity contribution in [3.05, 3.63) is 17.7 Å². The highest BCUT2D eigenvalue weighted by Gasteiger charge is 2.08. The van der Waals surface area contributed by atoms with Crippen LogP contribution in [0.1, 0.15) is 11.4 Å². The molecule has 0 saturated carbocycles. The lowest BCUT2D eigenvalue weighted by Crippen LogP contribution is -2.00. The van der Waals surface area contributed by atoms with Gasteiger partial charge in [0.1, 0.15) is 18.4 Å². The summed E-state index contributed by atoms with van der Waals surface area (Å²) >= 11 is 0. The Balaban J connectivity index is 3.17. The van der Waals surface area contributed by atoms with Crippen molar-refractivity contribution < 1.29 is 4.79 Å². The minimum atomic E-state index is 0.0531. The Hall–Kier alpha value is -2.14. The molecule has 58 valence electrons. The summed E-state index contributed by atoms with van der Waals surface area (Å²) in [6, 6.07) is 3.55. The summed E-state index contributed by atoms with van der Waals surface area (Å²) in [5, 5.41) is 17.0. The molecule has 1 aromatic heterocycles. The molecule has 12 heavy (non-hydrogen) atoms. The van der Waals surface area contributed by atoms with Crippen molar-refractivity contribution in [1.29, 1.82) is 10.5 Å². The lowest BCUT2D eigenvalue weighted by atomic mass is 10.3. The summed E-state index contributed by atoms with van der Waals surface area (Å²) in [4.78, 5) is 13.7. The predicted octanol–water partition coefficient (Wildman–Crippen LogP) is -0.175. The molecule has 0 amide bonds. The van der Waals surface area contributed by atoms with Crippen LogP contribution < -0.4 is 0 Å². The largest absolute Gasteiger partial charge is 0.314 e. The van der Waals surface area contributed by atoms with Crippen molar-refractivity contribution in [2.75, 3.05) is 0 Å². The summed E-state index contributed by atoms with van der Waals surface area (Å²) < 4.78 is 1.32. The van der Waals surface area contributed by atoms with Crippen LogP contribution in [0.3, 0.4) is 0 Å². The van der Waals surface area contributed by atoms with Crippen LogP contribution in [0.4, 0.5) is 0 Å². The minimum absolute atomic E-state index is 0.0531. The number of rotatable bonds is 2. The molecule has 0 fully saturated rings. The van der Waals surface area contributed by atoms with E-state index in [0.717, 1.165) is 0 Å². The normalized spacial score (nSPS) is 8.50. The van der Waals surface area contributed by atoms with Gasteiger partial charge in [0.25, 0.3) is 0 Å². The zero-order valence-corrected chi connectivity index (χ0v) is 6.06. The molecule has 0 aliphatic carbocycles. The van der Waals surface area contributed by atoms with Crippen molar-refractivity contribution in [1.82, 2.24) is 9.55 Å². The number of aromatic nitrogens is 2. The van der Waals surface area contributed by atoms with E-state index in [9.17, 15) is 4.79 Å². The zero-order valence-electron chi connectivity index (χ0n) is 6.06. The molecule has 0 spiro atoms. The van der Waals surface area contributed by atoms with E-state index in [1.54, 1.807) is 12.1 Å². The molecule has 1 aromatic rings. The molecular weight excluding hydrogens is 156 g/mol. The third kappa shape index (κ3) is 1.16. The molecule has 1 rings (SSSR count). The highest BCUT2D eigenvalue weighted by molar-refractivity contribution is 5.50. The van der Waals surface area contributed by atoms with E-state index in [4.69, 9.17) is 10.5 Å². The molecular formula is C7H4N4O. The lowest BCUT2D eigenvalue weighted by Gasteiger charge is -1.93. The molecule has 0 aliphatic rings. The van der Waals surface area contributed by atoms with Crippen LogP contribution in [0.25, 0.3) is 0 Å². The Labute approximate surface area is 68.5 Å². The van der Waals surface area contributed by atoms with Gasteiger partial charge in [-0.05, 0) is 0 Å². The van der Waals surface area contributed by atoms with Gasteiger partial charge in [0.15, 0.2) is 11.4 Å². The van der Waals surface area contributed by atoms with Crippen LogP contribution in [-0.4, -0.2) is 15.8 Å². The topological polar surface area (TPSA) is 82.5 Å². The second-order valence-electron chi connectivity index (χ2n) is 1.98. The predicted molar refractivity (Wildman–Crippen MR) is 37.7 cm³/mol. The van der Waals surface area contributed by atoms with E-state index in [0.29, 0.717) is 6.29 Å². The highest BCUT2D eigenvalue weighted by atomic mass is 16.1. The first-order chi connectivity index (χ1) is 5.83. The minimum Gasteiger partial charge on any atom is -0.314 e. The van der Waals surface area contributed by atoms with Gasteiger partial charge < -0.3 is 9.36 Å². The number of hydrogen-bond donors (Lipinski definition) is 0. The number of carbonyl (C=O) groups excluding carboxylic acids is 1. The first-order valence-electron chi connectivity index (χ1n) is 3.12. The maximum Gasteiger partial charge on any atom is 0.176 e.